The van der Waals surface area contributed by atoms with Crippen molar-refractivity contribution in [3.8, 4) is 0 Å². The normalized spacial score (nSPS) is 28.2. The minimum atomic E-state index is -4.60. The molecule has 0 saturated carbocycles. The van der Waals surface area contributed by atoms with Crippen molar-refractivity contribution in [1.29, 1.82) is 0 Å². The molecule has 0 amide bonds. The van der Waals surface area contributed by atoms with Crippen molar-refractivity contribution < 1.29 is 28.1 Å². The summed E-state index contributed by atoms with van der Waals surface area (Å²) in [4.78, 5) is 6.74. The summed E-state index contributed by atoms with van der Waals surface area (Å²) in [6.07, 6.45) is -5.94. The Balaban J connectivity index is 2.11. The summed E-state index contributed by atoms with van der Waals surface area (Å²) in [5.74, 6) is -0.187. The Kier molecular flexibility index (Phi) is 3.88. The van der Waals surface area contributed by atoms with E-state index < -0.39 is 30.3 Å². The molecule has 1 aromatic heterocycles. The Hall–Kier alpha value is -1.45. The Labute approximate surface area is 106 Å². The summed E-state index contributed by atoms with van der Waals surface area (Å²) < 4.78 is 42.4. The molecule has 2 heterocycles. The fourth-order valence-electron chi connectivity index (χ4n) is 1.63. The molecule has 1 aliphatic heterocycles. The lowest BCUT2D eigenvalue weighted by Gasteiger charge is -2.32. The topological polar surface area (TPSA) is 87.5 Å². The van der Waals surface area contributed by atoms with Crippen LogP contribution in [0, 0.1) is 0 Å². The molecule has 6 nitrogen and oxygen atoms in total. The number of aliphatic hydroxyl groups excluding tert-OH is 2. The number of ether oxygens (including phenoxy) is 1. The van der Waals surface area contributed by atoms with Gasteiger partial charge in [-0.2, -0.15) is 13.2 Å². The van der Waals surface area contributed by atoms with E-state index in [0.717, 1.165) is 6.20 Å². The highest BCUT2D eigenvalue weighted by Gasteiger charge is 2.34. The molecule has 106 valence electrons. The van der Waals surface area contributed by atoms with Crippen molar-refractivity contribution in [2.24, 2.45) is 0 Å². The Morgan fingerprint density at radius 3 is 2.74 bits per heavy atom. The number of aromatic nitrogens is 2. The van der Waals surface area contributed by atoms with Crippen LogP contribution in [0.5, 0.6) is 0 Å². The van der Waals surface area contributed by atoms with Gasteiger partial charge in [0.1, 0.15) is 11.9 Å². The molecule has 1 aliphatic rings. The van der Waals surface area contributed by atoms with Gasteiger partial charge in [-0.15, -0.1) is 0 Å². The van der Waals surface area contributed by atoms with Crippen LogP contribution in [0.1, 0.15) is 12.1 Å². The van der Waals surface area contributed by atoms with Gasteiger partial charge in [-0.25, -0.2) is 4.98 Å². The molecule has 3 N–H and O–H groups in total. The highest BCUT2D eigenvalue weighted by Crippen LogP contribution is 2.27. The van der Waals surface area contributed by atoms with Crippen LogP contribution in [0.25, 0.3) is 0 Å². The predicted octanol–water partition coefficient (Wildman–Crippen LogP) is 0.376. The first-order valence-corrected chi connectivity index (χ1v) is 5.51. The number of hydrogen-bond donors (Lipinski definition) is 3. The van der Waals surface area contributed by atoms with Crippen molar-refractivity contribution in [2.75, 3.05) is 11.9 Å². The summed E-state index contributed by atoms with van der Waals surface area (Å²) in [7, 11) is 0. The lowest BCUT2D eigenvalue weighted by Crippen LogP contribution is -2.48. The molecule has 9 heteroatoms. The molecule has 19 heavy (non-hydrogen) atoms. The van der Waals surface area contributed by atoms with E-state index in [9.17, 15) is 23.4 Å². The first-order valence-electron chi connectivity index (χ1n) is 5.51. The van der Waals surface area contributed by atoms with E-state index in [2.05, 4.69) is 15.3 Å². The third kappa shape index (κ3) is 3.31. The van der Waals surface area contributed by atoms with Crippen LogP contribution in [0.15, 0.2) is 12.4 Å². The maximum atomic E-state index is 12.4. The number of rotatable bonds is 2. The van der Waals surface area contributed by atoms with Crippen LogP contribution in [-0.4, -0.2) is 45.2 Å². The second kappa shape index (κ2) is 5.27. The second-order valence-corrected chi connectivity index (χ2v) is 4.07. The number of aliphatic hydroxyl groups is 2. The number of anilines is 1. The van der Waals surface area contributed by atoms with E-state index in [0.29, 0.717) is 6.20 Å². The fourth-order valence-corrected chi connectivity index (χ4v) is 1.63. The zero-order chi connectivity index (χ0) is 14.0. The lowest BCUT2D eigenvalue weighted by molar-refractivity contribution is -0.141. The Morgan fingerprint density at radius 1 is 1.32 bits per heavy atom. The molecule has 0 bridgehead atoms. The molecule has 3 unspecified atom stereocenters. The molecule has 0 spiro atoms. The molecule has 1 aromatic rings. The first kappa shape index (κ1) is 14.0. The van der Waals surface area contributed by atoms with Gasteiger partial charge in [-0.3, -0.25) is 4.98 Å². The predicted molar refractivity (Wildman–Crippen MR) is 57.0 cm³/mol. The van der Waals surface area contributed by atoms with Crippen molar-refractivity contribution >= 4 is 5.82 Å². The van der Waals surface area contributed by atoms with E-state index in [1.807, 2.05) is 0 Å². The van der Waals surface area contributed by atoms with Crippen LogP contribution in [0.3, 0.4) is 0 Å². The third-order valence-electron chi connectivity index (χ3n) is 2.63. The van der Waals surface area contributed by atoms with Gasteiger partial charge in [-0.1, -0.05) is 0 Å². The van der Waals surface area contributed by atoms with Gasteiger partial charge < -0.3 is 20.3 Å². The molecular weight excluding hydrogens is 267 g/mol. The van der Waals surface area contributed by atoms with Gasteiger partial charge in [0.15, 0.2) is 11.9 Å². The van der Waals surface area contributed by atoms with Gasteiger partial charge in [-0.05, 0) is 6.42 Å². The van der Waals surface area contributed by atoms with Crippen LogP contribution in [-0.2, 0) is 10.9 Å². The van der Waals surface area contributed by atoms with Gasteiger partial charge in [0.25, 0.3) is 0 Å². The third-order valence-corrected chi connectivity index (χ3v) is 2.63. The van der Waals surface area contributed by atoms with Crippen LogP contribution in [0.2, 0.25) is 0 Å². The maximum absolute atomic E-state index is 12.4. The summed E-state index contributed by atoms with van der Waals surface area (Å²) >= 11 is 0. The van der Waals surface area contributed by atoms with Crippen molar-refractivity contribution in [3.63, 3.8) is 0 Å². The maximum Gasteiger partial charge on any atom is 0.434 e. The van der Waals surface area contributed by atoms with Gasteiger partial charge in [0, 0.05) is 0 Å². The Bertz CT molecular complexity index is 444. The van der Waals surface area contributed by atoms with Crippen LogP contribution in [0.4, 0.5) is 19.0 Å². The number of halogens is 3. The highest BCUT2D eigenvalue weighted by atomic mass is 19.4. The summed E-state index contributed by atoms with van der Waals surface area (Å²) in [5, 5.41) is 21.5. The van der Waals surface area contributed by atoms with Crippen LogP contribution < -0.4 is 5.32 Å². The molecule has 0 aromatic carbocycles. The van der Waals surface area contributed by atoms with Crippen LogP contribution >= 0.6 is 0 Å². The Morgan fingerprint density at radius 2 is 2.05 bits per heavy atom. The minimum absolute atomic E-state index is 0.183. The molecule has 2 rings (SSSR count). The number of nitrogens with zero attached hydrogens (tertiary/aromatic N) is 2. The lowest BCUT2D eigenvalue weighted by atomic mass is 10.1. The van der Waals surface area contributed by atoms with Crippen molar-refractivity contribution in [1.82, 2.24) is 9.97 Å². The zero-order valence-electron chi connectivity index (χ0n) is 9.63. The zero-order valence-corrected chi connectivity index (χ0v) is 9.63. The highest BCUT2D eigenvalue weighted by molar-refractivity contribution is 5.33. The van der Waals surface area contributed by atoms with Gasteiger partial charge in [0.05, 0.1) is 25.1 Å². The number of nitrogens with one attached hydrogen (secondary N) is 1. The van der Waals surface area contributed by atoms with Crippen molar-refractivity contribution in [2.45, 2.75) is 31.0 Å². The first-order chi connectivity index (χ1) is 8.88. The molecule has 1 saturated heterocycles. The monoisotopic (exact) mass is 279 g/mol. The van der Waals surface area contributed by atoms with E-state index in [-0.39, 0.29) is 18.8 Å². The smallest absolute Gasteiger partial charge is 0.390 e. The quantitative estimate of drug-likeness (QED) is 0.725. The number of hydrogen-bond acceptors (Lipinski definition) is 6. The standard InChI is InChI=1S/C10H12F3N3O3/c11-10(12,13)6-3-14-4-7(15-6)16-9-8(18)5(17)1-2-19-9/h3-5,8-9,17-18H,1-2H2,(H,15,16). The summed E-state index contributed by atoms with van der Waals surface area (Å²) in [5.41, 5.74) is -1.15. The largest absolute Gasteiger partial charge is 0.434 e. The second-order valence-electron chi connectivity index (χ2n) is 4.07. The van der Waals surface area contributed by atoms with E-state index in [1.54, 1.807) is 0 Å². The van der Waals surface area contributed by atoms with Gasteiger partial charge >= 0.3 is 6.18 Å². The summed E-state index contributed by atoms with van der Waals surface area (Å²) in [6.45, 7) is 0.183. The fraction of sp³-hybridized carbons (Fsp3) is 0.600. The van der Waals surface area contributed by atoms with Crippen molar-refractivity contribution in [3.05, 3.63) is 18.1 Å². The molecule has 3 atom stereocenters. The average molecular weight is 279 g/mol. The molecular formula is C10H12F3N3O3. The van der Waals surface area contributed by atoms with Gasteiger partial charge in [0.2, 0.25) is 0 Å². The number of alkyl halides is 3. The molecule has 1 fully saturated rings. The molecule has 0 radical (unpaired) electrons. The minimum Gasteiger partial charge on any atom is -0.390 e. The SMILES string of the molecule is OC1CCOC(Nc2cncc(C(F)(F)F)n2)C1O. The molecule has 0 aliphatic carbocycles. The average Bonchev–Trinajstić information content (AvgIpc) is 2.34. The van der Waals surface area contributed by atoms with E-state index >= 15 is 0 Å². The summed E-state index contributed by atoms with van der Waals surface area (Å²) in [6, 6.07) is 0. The van der Waals surface area contributed by atoms with E-state index in [4.69, 9.17) is 4.74 Å². The van der Waals surface area contributed by atoms with E-state index in [1.165, 1.54) is 0 Å².